The molecule has 0 fully saturated rings. The molecule has 0 aliphatic rings. The van der Waals surface area contributed by atoms with Crippen molar-refractivity contribution >= 4 is 5.91 Å². The van der Waals surface area contributed by atoms with Crippen LogP contribution in [0.15, 0.2) is 16.9 Å². The zero-order chi connectivity index (χ0) is 12.1. The largest absolute Gasteiger partial charge is 0.348 e. The van der Waals surface area contributed by atoms with E-state index in [2.05, 4.69) is 17.3 Å². The first-order chi connectivity index (χ1) is 7.54. The van der Waals surface area contributed by atoms with Gasteiger partial charge in [-0.3, -0.25) is 9.59 Å². The van der Waals surface area contributed by atoms with E-state index in [0.717, 1.165) is 17.5 Å². The summed E-state index contributed by atoms with van der Waals surface area (Å²) in [7, 11) is 1.52. The van der Waals surface area contributed by atoms with Crippen LogP contribution in [-0.2, 0) is 7.05 Å². The number of rotatable bonds is 4. The Morgan fingerprint density at radius 1 is 1.56 bits per heavy atom. The minimum atomic E-state index is -0.239. The molecule has 0 unspecified atom stereocenters. The van der Waals surface area contributed by atoms with Crippen molar-refractivity contribution in [3.63, 3.8) is 0 Å². The fourth-order valence-corrected chi connectivity index (χ4v) is 1.43. The third kappa shape index (κ3) is 3.18. The van der Waals surface area contributed by atoms with Crippen molar-refractivity contribution in [3.8, 4) is 0 Å². The number of carbonyl (C=O) groups excluding carboxylic acids is 1. The van der Waals surface area contributed by atoms with Crippen LogP contribution in [0.1, 0.15) is 37.2 Å². The highest BCUT2D eigenvalue weighted by molar-refractivity contribution is 5.92. The Kier molecular flexibility index (Phi) is 4.22. The number of nitrogens with one attached hydrogen (secondary N) is 1. The summed E-state index contributed by atoms with van der Waals surface area (Å²) < 4.78 is 1.15. The summed E-state index contributed by atoms with van der Waals surface area (Å²) in [5, 5.41) is 6.70. The molecule has 5 nitrogen and oxygen atoms in total. The van der Waals surface area contributed by atoms with Gasteiger partial charge >= 0.3 is 0 Å². The Bertz CT molecular complexity index is 425. The second kappa shape index (κ2) is 5.44. The van der Waals surface area contributed by atoms with Gasteiger partial charge in [-0.15, -0.1) is 0 Å². The van der Waals surface area contributed by atoms with Crippen molar-refractivity contribution in [2.24, 2.45) is 7.05 Å². The number of amides is 1. The maximum Gasteiger partial charge on any atom is 0.271 e. The molecule has 5 heteroatoms. The molecule has 1 atom stereocenters. The molecule has 0 spiro atoms. The van der Waals surface area contributed by atoms with E-state index in [0.29, 0.717) is 0 Å². The second-order valence-electron chi connectivity index (χ2n) is 3.84. The molecule has 0 bridgehead atoms. The topological polar surface area (TPSA) is 64.0 Å². The van der Waals surface area contributed by atoms with Crippen molar-refractivity contribution in [1.82, 2.24) is 15.1 Å². The molecule has 0 aliphatic heterocycles. The molecule has 0 aromatic carbocycles. The van der Waals surface area contributed by atoms with Gasteiger partial charge in [0.2, 0.25) is 0 Å². The average molecular weight is 223 g/mol. The molecule has 1 aromatic heterocycles. The number of nitrogens with zero attached hydrogens (tertiary/aromatic N) is 2. The molecule has 0 aliphatic carbocycles. The molecule has 0 saturated carbocycles. The number of hydrogen-bond acceptors (Lipinski definition) is 3. The fourth-order valence-electron chi connectivity index (χ4n) is 1.43. The van der Waals surface area contributed by atoms with Gasteiger partial charge in [0, 0.05) is 19.2 Å². The zero-order valence-corrected chi connectivity index (χ0v) is 9.86. The summed E-state index contributed by atoms with van der Waals surface area (Å²) in [4.78, 5) is 22.8. The molecule has 0 saturated heterocycles. The summed E-state index contributed by atoms with van der Waals surface area (Å²) in [6.45, 7) is 4.01. The van der Waals surface area contributed by atoms with Gasteiger partial charge in [0.15, 0.2) is 0 Å². The van der Waals surface area contributed by atoms with Gasteiger partial charge in [-0.2, -0.15) is 5.10 Å². The van der Waals surface area contributed by atoms with Gasteiger partial charge < -0.3 is 5.32 Å². The molecule has 1 amide bonds. The molecule has 0 radical (unpaired) electrons. The number of aryl methyl sites for hydroxylation is 1. The third-order valence-electron chi connectivity index (χ3n) is 2.29. The highest BCUT2D eigenvalue weighted by Crippen LogP contribution is 1.97. The maximum absolute atomic E-state index is 11.7. The van der Waals surface area contributed by atoms with E-state index in [1.54, 1.807) is 0 Å². The SMILES string of the molecule is CCC[C@H](C)NC(=O)c1ccc(=O)n(C)n1. The average Bonchev–Trinajstić information content (AvgIpc) is 2.22. The lowest BCUT2D eigenvalue weighted by Crippen LogP contribution is -2.34. The summed E-state index contributed by atoms with van der Waals surface area (Å²) in [6, 6.07) is 2.90. The van der Waals surface area contributed by atoms with E-state index in [1.807, 2.05) is 6.92 Å². The molecule has 88 valence electrons. The first-order valence-electron chi connectivity index (χ1n) is 5.39. The molecular weight excluding hydrogens is 206 g/mol. The molecule has 1 rings (SSSR count). The van der Waals surface area contributed by atoms with Crippen molar-refractivity contribution in [2.45, 2.75) is 32.7 Å². The fraction of sp³-hybridized carbons (Fsp3) is 0.545. The first-order valence-corrected chi connectivity index (χ1v) is 5.39. The van der Waals surface area contributed by atoms with Crippen molar-refractivity contribution in [3.05, 3.63) is 28.2 Å². The van der Waals surface area contributed by atoms with Crippen LogP contribution in [-0.4, -0.2) is 21.7 Å². The van der Waals surface area contributed by atoms with Crippen LogP contribution in [0.5, 0.6) is 0 Å². The highest BCUT2D eigenvalue weighted by Gasteiger charge is 2.11. The Labute approximate surface area is 94.5 Å². The van der Waals surface area contributed by atoms with E-state index < -0.39 is 0 Å². The Morgan fingerprint density at radius 2 is 2.25 bits per heavy atom. The van der Waals surface area contributed by atoms with Crippen LogP contribution in [0.3, 0.4) is 0 Å². The Balaban J connectivity index is 2.73. The first kappa shape index (κ1) is 12.4. The highest BCUT2D eigenvalue weighted by atomic mass is 16.2. The smallest absolute Gasteiger partial charge is 0.271 e. The predicted octanol–water partition coefficient (Wildman–Crippen LogP) is 0.699. The number of aromatic nitrogens is 2. The van der Waals surface area contributed by atoms with E-state index in [9.17, 15) is 9.59 Å². The van der Waals surface area contributed by atoms with Crippen molar-refractivity contribution in [1.29, 1.82) is 0 Å². The van der Waals surface area contributed by atoms with Crippen LogP contribution in [0, 0.1) is 0 Å². The van der Waals surface area contributed by atoms with Crippen LogP contribution >= 0.6 is 0 Å². The molecule has 1 aromatic rings. The maximum atomic E-state index is 11.7. The Hall–Kier alpha value is -1.65. The van der Waals surface area contributed by atoms with E-state index in [1.165, 1.54) is 19.2 Å². The molecule has 16 heavy (non-hydrogen) atoms. The quantitative estimate of drug-likeness (QED) is 0.817. The van der Waals surface area contributed by atoms with Gasteiger partial charge in [-0.05, 0) is 19.4 Å². The van der Waals surface area contributed by atoms with Crippen LogP contribution < -0.4 is 10.9 Å². The van der Waals surface area contributed by atoms with Gasteiger partial charge in [0.05, 0.1) is 0 Å². The van der Waals surface area contributed by atoms with Gasteiger partial charge in [-0.1, -0.05) is 13.3 Å². The third-order valence-corrected chi connectivity index (χ3v) is 2.29. The lowest BCUT2D eigenvalue weighted by Gasteiger charge is -2.12. The minimum absolute atomic E-state index is 0.122. The lowest BCUT2D eigenvalue weighted by molar-refractivity contribution is 0.0931. The summed E-state index contributed by atoms with van der Waals surface area (Å²) in [6.07, 6.45) is 1.94. The minimum Gasteiger partial charge on any atom is -0.348 e. The zero-order valence-electron chi connectivity index (χ0n) is 9.86. The normalized spacial score (nSPS) is 12.2. The van der Waals surface area contributed by atoms with Gasteiger partial charge in [0.25, 0.3) is 11.5 Å². The van der Waals surface area contributed by atoms with E-state index in [-0.39, 0.29) is 23.2 Å². The molecular formula is C11H17N3O2. The van der Waals surface area contributed by atoms with Crippen LogP contribution in [0.4, 0.5) is 0 Å². The molecule has 1 heterocycles. The van der Waals surface area contributed by atoms with E-state index >= 15 is 0 Å². The van der Waals surface area contributed by atoms with E-state index in [4.69, 9.17) is 0 Å². The standard InChI is InChI=1S/C11H17N3O2/c1-4-5-8(2)12-11(16)9-6-7-10(15)14(3)13-9/h6-8H,4-5H2,1-3H3,(H,12,16)/t8-/m0/s1. The van der Waals surface area contributed by atoms with Crippen molar-refractivity contribution in [2.75, 3.05) is 0 Å². The van der Waals surface area contributed by atoms with Crippen LogP contribution in [0.2, 0.25) is 0 Å². The summed E-state index contributed by atoms with van der Waals surface area (Å²) >= 11 is 0. The van der Waals surface area contributed by atoms with Gasteiger partial charge in [0.1, 0.15) is 5.69 Å². The van der Waals surface area contributed by atoms with Crippen LogP contribution in [0.25, 0.3) is 0 Å². The summed E-state index contributed by atoms with van der Waals surface area (Å²) in [5.74, 6) is -0.239. The monoisotopic (exact) mass is 223 g/mol. The predicted molar refractivity (Wildman–Crippen MR) is 61.3 cm³/mol. The summed E-state index contributed by atoms with van der Waals surface area (Å²) in [5.41, 5.74) is 0.0446. The van der Waals surface area contributed by atoms with Gasteiger partial charge in [-0.25, -0.2) is 4.68 Å². The van der Waals surface area contributed by atoms with Crippen molar-refractivity contribution < 1.29 is 4.79 Å². The number of carbonyl (C=O) groups is 1. The second-order valence-corrected chi connectivity index (χ2v) is 3.84. The number of hydrogen-bond donors (Lipinski definition) is 1. The Morgan fingerprint density at radius 3 is 2.81 bits per heavy atom. The molecule has 1 N–H and O–H groups in total. The lowest BCUT2D eigenvalue weighted by atomic mass is 10.2.